The monoisotopic (exact) mass is 368 g/mol. The van der Waals surface area contributed by atoms with Crippen LogP contribution in [0.2, 0.25) is 0 Å². The molecule has 0 spiro atoms. The van der Waals surface area contributed by atoms with Gasteiger partial charge in [0.2, 0.25) is 0 Å². The Balaban J connectivity index is 1.77. The van der Waals surface area contributed by atoms with Gasteiger partial charge in [0.1, 0.15) is 5.82 Å². The highest BCUT2D eigenvalue weighted by Gasteiger charge is 2.19. The molecule has 1 saturated heterocycles. The molecule has 1 aliphatic rings. The average Bonchev–Trinajstić information content (AvgIpc) is 3.29. The van der Waals surface area contributed by atoms with E-state index in [-0.39, 0.29) is 11.9 Å². The van der Waals surface area contributed by atoms with Crippen molar-refractivity contribution in [1.82, 2.24) is 4.57 Å². The zero-order valence-electron chi connectivity index (χ0n) is 14.7. The van der Waals surface area contributed by atoms with E-state index in [4.69, 9.17) is 9.73 Å². The van der Waals surface area contributed by atoms with E-state index in [0.717, 1.165) is 47.7 Å². The summed E-state index contributed by atoms with van der Waals surface area (Å²) in [4.78, 5) is 5.77. The first-order valence-electron chi connectivity index (χ1n) is 8.86. The van der Waals surface area contributed by atoms with Crippen LogP contribution in [0.1, 0.15) is 18.4 Å². The summed E-state index contributed by atoms with van der Waals surface area (Å²) < 4.78 is 21.4. The molecule has 0 amide bonds. The molecule has 4 rings (SSSR count). The van der Waals surface area contributed by atoms with E-state index in [1.165, 1.54) is 17.7 Å². The molecule has 1 unspecified atom stereocenters. The Morgan fingerprint density at radius 2 is 1.92 bits per heavy atom. The summed E-state index contributed by atoms with van der Waals surface area (Å²) in [5.41, 5.74) is 4.20. The summed E-state index contributed by atoms with van der Waals surface area (Å²) >= 11 is 1.60. The quantitative estimate of drug-likeness (QED) is 0.631. The van der Waals surface area contributed by atoms with E-state index in [9.17, 15) is 4.39 Å². The summed E-state index contributed by atoms with van der Waals surface area (Å²) in [6.07, 6.45) is 2.38. The van der Waals surface area contributed by atoms with Crippen molar-refractivity contribution in [3.8, 4) is 11.3 Å². The zero-order valence-corrected chi connectivity index (χ0v) is 15.5. The molecule has 0 radical (unpaired) electrons. The summed E-state index contributed by atoms with van der Waals surface area (Å²) in [7, 11) is 0. The lowest BCUT2D eigenvalue weighted by Crippen LogP contribution is -2.24. The van der Waals surface area contributed by atoms with Crippen LogP contribution in [0.3, 0.4) is 0 Å². The van der Waals surface area contributed by atoms with Crippen LogP contribution in [0.25, 0.3) is 11.3 Å². The maximum Gasteiger partial charge on any atom is 0.190 e. The van der Waals surface area contributed by atoms with Crippen molar-refractivity contribution in [3.63, 3.8) is 0 Å². The number of nitrogens with zero attached hydrogens (tertiary/aromatic N) is 2. The molecule has 0 bridgehead atoms. The molecule has 1 aromatic heterocycles. The van der Waals surface area contributed by atoms with Crippen molar-refractivity contribution >= 4 is 17.0 Å². The molecule has 1 atom stereocenters. The Labute approximate surface area is 156 Å². The van der Waals surface area contributed by atoms with E-state index >= 15 is 0 Å². The second-order valence-electron chi connectivity index (χ2n) is 6.60. The molecule has 5 heteroatoms. The van der Waals surface area contributed by atoms with E-state index in [2.05, 4.69) is 29.0 Å². The van der Waals surface area contributed by atoms with Gasteiger partial charge >= 0.3 is 0 Å². The SMILES string of the molecule is Cc1ccc(N=c2scc(-c3ccc(F)cc3)n2CC2CCCO2)cc1. The number of thiazole rings is 1. The lowest BCUT2D eigenvalue weighted by atomic mass is 10.1. The van der Waals surface area contributed by atoms with E-state index in [0.29, 0.717) is 0 Å². The fourth-order valence-electron chi connectivity index (χ4n) is 3.17. The number of aromatic nitrogens is 1. The van der Waals surface area contributed by atoms with E-state index in [1.54, 1.807) is 11.3 Å². The summed E-state index contributed by atoms with van der Waals surface area (Å²) in [5.74, 6) is -0.223. The zero-order chi connectivity index (χ0) is 17.9. The normalized spacial score (nSPS) is 17.8. The highest BCUT2D eigenvalue weighted by molar-refractivity contribution is 7.07. The second kappa shape index (κ2) is 7.56. The lowest BCUT2D eigenvalue weighted by Gasteiger charge is -2.14. The third-order valence-corrected chi connectivity index (χ3v) is 5.47. The maximum absolute atomic E-state index is 13.3. The van der Waals surface area contributed by atoms with Gasteiger partial charge in [-0.05, 0) is 61.7 Å². The first-order valence-corrected chi connectivity index (χ1v) is 9.74. The van der Waals surface area contributed by atoms with Crippen molar-refractivity contribution in [2.24, 2.45) is 4.99 Å². The van der Waals surface area contributed by atoms with Gasteiger partial charge in [-0.1, -0.05) is 17.7 Å². The fraction of sp³-hybridized carbons (Fsp3) is 0.286. The van der Waals surface area contributed by atoms with Gasteiger partial charge in [-0.25, -0.2) is 9.38 Å². The number of aryl methyl sites for hydroxylation is 1. The Morgan fingerprint density at radius 1 is 1.15 bits per heavy atom. The Kier molecular flexibility index (Phi) is 5.00. The molecular formula is C21H21FN2OS. The van der Waals surface area contributed by atoms with Crippen molar-refractivity contribution < 1.29 is 9.13 Å². The van der Waals surface area contributed by atoms with Gasteiger partial charge in [-0.2, -0.15) is 0 Å². The lowest BCUT2D eigenvalue weighted by molar-refractivity contribution is 0.0968. The standard InChI is InChI=1S/C21H21FN2OS/c1-15-4-10-18(11-5-15)23-21-24(13-19-3-2-12-25-19)20(14-26-21)16-6-8-17(22)9-7-16/h4-11,14,19H,2-3,12-13H2,1H3. The molecule has 1 fully saturated rings. The molecule has 3 aromatic rings. The molecular weight excluding hydrogens is 347 g/mol. The van der Waals surface area contributed by atoms with Gasteiger partial charge in [-0.15, -0.1) is 11.3 Å². The molecule has 134 valence electrons. The molecule has 0 saturated carbocycles. The fourth-order valence-corrected chi connectivity index (χ4v) is 4.11. The highest BCUT2D eigenvalue weighted by atomic mass is 32.1. The van der Waals surface area contributed by atoms with E-state index < -0.39 is 0 Å². The summed E-state index contributed by atoms with van der Waals surface area (Å²) in [6.45, 7) is 3.66. The van der Waals surface area contributed by atoms with Crippen LogP contribution < -0.4 is 4.80 Å². The van der Waals surface area contributed by atoms with Gasteiger partial charge in [0, 0.05) is 12.0 Å². The van der Waals surface area contributed by atoms with Gasteiger partial charge in [0.05, 0.1) is 24.0 Å². The Hall–Kier alpha value is -2.24. The van der Waals surface area contributed by atoms with Crippen molar-refractivity contribution in [2.75, 3.05) is 6.61 Å². The third-order valence-electron chi connectivity index (χ3n) is 4.61. The molecule has 2 heterocycles. The number of hydrogen-bond donors (Lipinski definition) is 0. The minimum atomic E-state index is -0.223. The second-order valence-corrected chi connectivity index (χ2v) is 7.44. The number of benzene rings is 2. The molecule has 0 aliphatic carbocycles. The predicted molar refractivity (Wildman–Crippen MR) is 103 cm³/mol. The van der Waals surface area contributed by atoms with Gasteiger partial charge in [0.25, 0.3) is 0 Å². The van der Waals surface area contributed by atoms with Crippen molar-refractivity contribution in [3.05, 3.63) is 70.1 Å². The first-order chi connectivity index (χ1) is 12.7. The highest BCUT2D eigenvalue weighted by Crippen LogP contribution is 2.23. The first kappa shape index (κ1) is 17.2. The van der Waals surface area contributed by atoms with Crippen molar-refractivity contribution in [1.29, 1.82) is 0 Å². The average molecular weight is 368 g/mol. The molecule has 2 aromatic carbocycles. The molecule has 0 N–H and O–H groups in total. The van der Waals surface area contributed by atoms with Crippen LogP contribution in [0.15, 0.2) is 58.9 Å². The van der Waals surface area contributed by atoms with Gasteiger partial charge in [-0.3, -0.25) is 0 Å². The van der Waals surface area contributed by atoms with Crippen LogP contribution in [0.4, 0.5) is 10.1 Å². The van der Waals surface area contributed by atoms with Crippen LogP contribution in [0, 0.1) is 12.7 Å². The van der Waals surface area contributed by atoms with Gasteiger partial charge < -0.3 is 9.30 Å². The minimum absolute atomic E-state index is 0.209. The summed E-state index contributed by atoms with van der Waals surface area (Å²) in [5, 5.41) is 2.09. The smallest absolute Gasteiger partial charge is 0.190 e. The molecule has 26 heavy (non-hydrogen) atoms. The van der Waals surface area contributed by atoms with Crippen LogP contribution in [-0.4, -0.2) is 17.3 Å². The largest absolute Gasteiger partial charge is 0.376 e. The molecule has 3 nitrogen and oxygen atoms in total. The van der Waals surface area contributed by atoms with Crippen LogP contribution >= 0.6 is 11.3 Å². The number of rotatable bonds is 4. The molecule has 1 aliphatic heterocycles. The number of hydrogen-bond acceptors (Lipinski definition) is 3. The third kappa shape index (κ3) is 3.79. The number of ether oxygens (including phenoxy) is 1. The topological polar surface area (TPSA) is 26.5 Å². The summed E-state index contributed by atoms with van der Waals surface area (Å²) in [6, 6.07) is 14.8. The van der Waals surface area contributed by atoms with Gasteiger partial charge in [0.15, 0.2) is 4.80 Å². The Bertz CT molecular complexity index is 935. The number of halogens is 1. The maximum atomic E-state index is 13.3. The van der Waals surface area contributed by atoms with Crippen LogP contribution in [-0.2, 0) is 11.3 Å². The minimum Gasteiger partial charge on any atom is -0.376 e. The predicted octanol–water partition coefficient (Wildman–Crippen LogP) is 5.08. The van der Waals surface area contributed by atoms with Crippen LogP contribution in [0.5, 0.6) is 0 Å². The Morgan fingerprint density at radius 3 is 2.62 bits per heavy atom. The van der Waals surface area contributed by atoms with Crippen molar-refractivity contribution in [2.45, 2.75) is 32.4 Å². The van der Waals surface area contributed by atoms with E-state index in [1.807, 2.05) is 24.3 Å².